The van der Waals surface area contributed by atoms with Crippen LogP contribution in [0.25, 0.3) is 11.3 Å². The number of ether oxygens (including phenoxy) is 2. The molecule has 0 saturated heterocycles. The van der Waals surface area contributed by atoms with E-state index in [1.807, 2.05) is 0 Å². The van der Waals surface area contributed by atoms with Crippen molar-refractivity contribution < 1.29 is 18.7 Å². The van der Waals surface area contributed by atoms with E-state index < -0.39 is 6.03 Å². The maximum atomic E-state index is 13.1. The van der Waals surface area contributed by atoms with E-state index in [-0.39, 0.29) is 12.4 Å². The molecule has 0 radical (unpaired) electrons. The Kier molecular flexibility index (Phi) is 6.01. The van der Waals surface area contributed by atoms with Gasteiger partial charge in [0.1, 0.15) is 23.6 Å². The summed E-state index contributed by atoms with van der Waals surface area (Å²) in [7, 11) is 3.07. The van der Waals surface area contributed by atoms with Gasteiger partial charge in [0.2, 0.25) is 0 Å². The molecule has 144 valence electrons. The summed E-state index contributed by atoms with van der Waals surface area (Å²) < 4.78 is 23.4. The zero-order valence-electron chi connectivity index (χ0n) is 15.4. The van der Waals surface area contributed by atoms with Crippen LogP contribution in [-0.2, 0) is 6.54 Å². The summed E-state index contributed by atoms with van der Waals surface area (Å²) in [5.74, 6) is 0.814. The van der Waals surface area contributed by atoms with E-state index in [4.69, 9.17) is 9.47 Å². The normalized spacial score (nSPS) is 10.2. The number of methoxy groups -OCH3 is 2. The molecule has 0 saturated carbocycles. The highest BCUT2D eigenvalue weighted by Gasteiger charge is 2.07. The Balaban J connectivity index is 1.63. The number of carbonyl (C=O) groups excluding carboxylic acids is 1. The largest absolute Gasteiger partial charge is 0.497 e. The minimum absolute atomic E-state index is 0.198. The molecule has 0 fully saturated rings. The second kappa shape index (κ2) is 8.81. The van der Waals surface area contributed by atoms with Gasteiger partial charge in [0.15, 0.2) is 0 Å². The molecule has 2 aromatic carbocycles. The van der Waals surface area contributed by atoms with Gasteiger partial charge in [-0.15, -0.1) is 0 Å². The van der Waals surface area contributed by atoms with E-state index in [9.17, 15) is 9.18 Å². The van der Waals surface area contributed by atoms with Gasteiger partial charge in [0, 0.05) is 29.4 Å². The SMILES string of the molecule is COc1cc(NC(=O)NCc2cc(-c3ccc(F)cc3)ncn2)cc(OC)c1. The summed E-state index contributed by atoms with van der Waals surface area (Å²) in [6.07, 6.45) is 1.40. The zero-order valence-corrected chi connectivity index (χ0v) is 15.4. The summed E-state index contributed by atoms with van der Waals surface area (Å²) in [5.41, 5.74) is 2.55. The van der Waals surface area contributed by atoms with Gasteiger partial charge in [0.05, 0.1) is 32.2 Å². The standard InChI is InChI=1S/C20H19FN4O3/c1-27-17-7-15(8-18(10-17)28-2)25-20(26)22-11-16-9-19(24-12-23-16)13-3-5-14(21)6-4-13/h3-10,12H,11H2,1-2H3,(H2,22,25,26). The number of amides is 2. The van der Waals surface area contributed by atoms with E-state index in [1.165, 1.54) is 32.7 Å². The van der Waals surface area contributed by atoms with Crippen molar-refractivity contribution in [1.82, 2.24) is 15.3 Å². The molecule has 2 amide bonds. The van der Waals surface area contributed by atoms with Gasteiger partial charge >= 0.3 is 6.03 Å². The first-order valence-electron chi connectivity index (χ1n) is 8.42. The molecule has 1 aromatic heterocycles. The molecule has 7 nitrogen and oxygen atoms in total. The average Bonchev–Trinajstić information content (AvgIpc) is 2.72. The van der Waals surface area contributed by atoms with Crippen LogP contribution in [0.1, 0.15) is 5.69 Å². The molecule has 8 heteroatoms. The van der Waals surface area contributed by atoms with E-state index in [0.29, 0.717) is 28.6 Å². The Morgan fingerprint density at radius 2 is 1.68 bits per heavy atom. The molecular weight excluding hydrogens is 363 g/mol. The minimum Gasteiger partial charge on any atom is -0.497 e. The van der Waals surface area contributed by atoms with Crippen molar-refractivity contribution in [3.63, 3.8) is 0 Å². The lowest BCUT2D eigenvalue weighted by molar-refractivity contribution is 0.251. The van der Waals surface area contributed by atoms with Crippen LogP contribution in [0.15, 0.2) is 54.9 Å². The third-order valence-electron chi connectivity index (χ3n) is 3.90. The lowest BCUT2D eigenvalue weighted by Gasteiger charge is -2.11. The van der Waals surface area contributed by atoms with E-state index >= 15 is 0 Å². The summed E-state index contributed by atoms with van der Waals surface area (Å²) in [4.78, 5) is 20.5. The number of nitrogens with one attached hydrogen (secondary N) is 2. The molecule has 0 aliphatic heterocycles. The molecule has 28 heavy (non-hydrogen) atoms. The predicted octanol–water partition coefficient (Wildman–Crippen LogP) is 3.62. The smallest absolute Gasteiger partial charge is 0.319 e. The highest BCUT2D eigenvalue weighted by molar-refractivity contribution is 5.89. The van der Waals surface area contributed by atoms with Crippen molar-refractivity contribution >= 4 is 11.7 Å². The lowest BCUT2D eigenvalue weighted by atomic mass is 10.1. The van der Waals surface area contributed by atoms with Crippen molar-refractivity contribution in [2.75, 3.05) is 19.5 Å². The highest BCUT2D eigenvalue weighted by atomic mass is 19.1. The average molecular weight is 382 g/mol. The van der Waals surface area contributed by atoms with Crippen LogP contribution in [0.5, 0.6) is 11.5 Å². The fourth-order valence-electron chi connectivity index (χ4n) is 2.50. The molecule has 2 N–H and O–H groups in total. The summed E-state index contributed by atoms with van der Waals surface area (Å²) in [5, 5.41) is 5.45. The summed E-state index contributed by atoms with van der Waals surface area (Å²) in [6.45, 7) is 0.198. The molecular formula is C20H19FN4O3. The lowest BCUT2D eigenvalue weighted by Crippen LogP contribution is -2.28. The number of carbonyl (C=O) groups is 1. The monoisotopic (exact) mass is 382 g/mol. The van der Waals surface area contributed by atoms with E-state index in [2.05, 4.69) is 20.6 Å². The van der Waals surface area contributed by atoms with Crippen LogP contribution in [0.2, 0.25) is 0 Å². The Hall–Kier alpha value is -3.68. The molecule has 3 aromatic rings. The van der Waals surface area contributed by atoms with Gasteiger partial charge in [-0.2, -0.15) is 0 Å². The zero-order chi connectivity index (χ0) is 19.9. The third kappa shape index (κ3) is 4.94. The second-order valence-corrected chi connectivity index (χ2v) is 5.81. The number of hydrogen-bond donors (Lipinski definition) is 2. The first-order valence-corrected chi connectivity index (χ1v) is 8.42. The Morgan fingerprint density at radius 1 is 1.00 bits per heavy atom. The third-order valence-corrected chi connectivity index (χ3v) is 3.90. The number of anilines is 1. The van der Waals surface area contributed by atoms with Gasteiger partial charge in [-0.05, 0) is 30.3 Å². The maximum Gasteiger partial charge on any atom is 0.319 e. The van der Waals surface area contributed by atoms with Crippen molar-refractivity contribution in [3.8, 4) is 22.8 Å². The summed E-state index contributed by atoms with van der Waals surface area (Å²) in [6, 6.07) is 12.4. The van der Waals surface area contributed by atoms with E-state index in [0.717, 1.165) is 5.56 Å². The first-order chi connectivity index (χ1) is 13.6. The highest BCUT2D eigenvalue weighted by Crippen LogP contribution is 2.25. The van der Waals surface area contributed by atoms with Gasteiger partial charge in [-0.3, -0.25) is 0 Å². The number of hydrogen-bond acceptors (Lipinski definition) is 5. The Labute approximate surface area is 161 Å². The molecule has 0 aliphatic carbocycles. The van der Waals surface area contributed by atoms with Crippen LogP contribution >= 0.6 is 0 Å². The van der Waals surface area contributed by atoms with Crippen molar-refractivity contribution in [3.05, 3.63) is 66.4 Å². The van der Waals surface area contributed by atoms with Crippen molar-refractivity contribution in [1.29, 1.82) is 0 Å². The molecule has 0 bridgehead atoms. The molecule has 3 rings (SSSR count). The van der Waals surface area contributed by atoms with E-state index in [1.54, 1.807) is 36.4 Å². The number of rotatable bonds is 6. The molecule has 1 heterocycles. The fraction of sp³-hybridized carbons (Fsp3) is 0.150. The summed E-state index contributed by atoms with van der Waals surface area (Å²) >= 11 is 0. The van der Waals surface area contributed by atoms with Gasteiger partial charge in [-0.25, -0.2) is 19.2 Å². The van der Waals surface area contributed by atoms with Gasteiger partial charge in [0.25, 0.3) is 0 Å². The number of halogens is 1. The number of aromatic nitrogens is 2. The van der Waals surface area contributed by atoms with Crippen molar-refractivity contribution in [2.24, 2.45) is 0 Å². The van der Waals surface area contributed by atoms with Crippen molar-refractivity contribution in [2.45, 2.75) is 6.54 Å². The second-order valence-electron chi connectivity index (χ2n) is 5.81. The fourth-order valence-corrected chi connectivity index (χ4v) is 2.50. The number of urea groups is 1. The Morgan fingerprint density at radius 3 is 2.32 bits per heavy atom. The number of benzene rings is 2. The topological polar surface area (TPSA) is 85.4 Å². The predicted molar refractivity (Wildman–Crippen MR) is 103 cm³/mol. The first kappa shape index (κ1) is 19.1. The molecule has 0 spiro atoms. The van der Waals surface area contributed by atoms with Crippen LogP contribution in [0, 0.1) is 5.82 Å². The molecule has 0 unspecified atom stereocenters. The van der Waals surface area contributed by atoms with Crippen LogP contribution in [-0.4, -0.2) is 30.2 Å². The van der Waals surface area contributed by atoms with Crippen LogP contribution < -0.4 is 20.1 Å². The van der Waals surface area contributed by atoms with Crippen LogP contribution in [0.4, 0.5) is 14.9 Å². The maximum absolute atomic E-state index is 13.1. The Bertz CT molecular complexity index is 942. The number of nitrogens with zero attached hydrogens (tertiary/aromatic N) is 2. The minimum atomic E-state index is -0.405. The quantitative estimate of drug-likeness (QED) is 0.680. The van der Waals surface area contributed by atoms with Gasteiger partial charge in [-0.1, -0.05) is 0 Å². The molecule has 0 atom stereocenters. The molecule has 0 aliphatic rings. The van der Waals surface area contributed by atoms with Crippen LogP contribution in [0.3, 0.4) is 0 Å². The van der Waals surface area contributed by atoms with Gasteiger partial charge < -0.3 is 20.1 Å².